The second-order valence-electron chi connectivity index (χ2n) is 7.00. The van der Waals surface area contributed by atoms with Crippen LogP contribution in [0.4, 0.5) is 5.69 Å². The Morgan fingerprint density at radius 1 is 1.21 bits per heavy atom. The Labute approximate surface area is 168 Å². The minimum Gasteiger partial charge on any atom is -0.387 e. The van der Waals surface area contributed by atoms with Gasteiger partial charge in [-0.15, -0.1) is 11.3 Å². The van der Waals surface area contributed by atoms with Crippen LogP contribution in [0.5, 0.6) is 0 Å². The van der Waals surface area contributed by atoms with Crippen molar-refractivity contribution in [3.8, 4) is 0 Å². The summed E-state index contributed by atoms with van der Waals surface area (Å²) in [5.41, 5.74) is 1.51. The van der Waals surface area contributed by atoms with E-state index >= 15 is 0 Å². The zero-order chi connectivity index (χ0) is 20.1. The fraction of sp³-hybridized carbons (Fsp3) is 0.474. The summed E-state index contributed by atoms with van der Waals surface area (Å²) >= 11 is 1.36. The van der Waals surface area contributed by atoms with Gasteiger partial charge in [0.1, 0.15) is 17.3 Å². The highest BCUT2D eigenvalue weighted by Gasteiger charge is 2.26. The quantitative estimate of drug-likeness (QED) is 0.755. The smallest absolute Gasteiger partial charge is 0.273 e. The zero-order valence-corrected chi connectivity index (χ0v) is 16.9. The summed E-state index contributed by atoms with van der Waals surface area (Å²) in [6.45, 7) is 6.13. The van der Waals surface area contributed by atoms with E-state index in [1.807, 2.05) is 30.9 Å². The minimum absolute atomic E-state index is 0.0899. The number of aliphatic hydroxyl groups is 1. The van der Waals surface area contributed by atoms with E-state index in [-0.39, 0.29) is 17.9 Å². The molecule has 8 nitrogen and oxygen atoms in total. The molecule has 2 aromatic heterocycles. The van der Waals surface area contributed by atoms with Gasteiger partial charge in [0.15, 0.2) is 0 Å². The van der Waals surface area contributed by atoms with Crippen LogP contribution >= 0.6 is 11.3 Å². The molecule has 0 aliphatic carbocycles. The van der Waals surface area contributed by atoms with Crippen molar-refractivity contribution < 1.29 is 14.7 Å². The number of rotatable bonds is 6. The SMILES string of the molecule is CC(C)[C@H](NC(=O)CO)c1nc(C(=O)N2CCN(c3ccncc3)CC2)cs1. The second kappa shape index (κ2) is 9.11. The van der Waals surface area contributed by atoms with Gasteiger partial charge in [-0.25, -0.2) is 4.98 Å². The van der Waals surface area contributed by atoms with Crippen LogP contribution < -0.4 is 10.2 Å². The van der Waals surface area contributed by atoms with Crippen LogP contribution in [0.15, 0.2) is 29.9 Å². The molecule has 3 rings (SSSR count). The molecule has 2 aromatic rings. The van der Waals surface area contributed by atoms with Crippen LogP contribution in [-0.4, -0.2) is 64.6 Å². The lowest BCUT2D eigenvalue weighted by molar-refractivity contribution is -0.124. The lowest BCUT2D eigenvalue weighted by atomic mass is 10.1. The Morgan fingerprint density at radius 2 is 1.89 bits per heavy atom. The molecule has 0 bridgehead atoms. The van der Waals surface area contributed by atoms with E-state index in [0.29, 0.717) is 23.8 Å². The first kappa shape index (κ1) is 20.2. The van der Waals surface area contributed by atoms with Crippen LogP contribution in [0.2, 0.25) is 0 Å². The van der Waals surface area contributed by atoms with E-state index in [4.69, 9.17) is 5.11 Å². The van der Waals surface area contributed by atoms with Crippen molar-refractivity contribution in [2.75, 3.05) is 37.7 Å². The van der Waals surface area contributed by atoms with Crippen molar-refractivity contribution in [3.05, 3.63) is 40.6 Å². The summed E-state index contributed by atoms with van der Waals surface area (Å²) in [6.07, 6.45) is 3.54. The monoisotopic (exact) mass is 403 g/mol. The van der Waals surface area contributed by atoms with Crippen molar-refractivity contribution >= 4 is 28.8 Å². The molecule has 3 heterocycles. The molecule has 0 unspecified atom stereocenters. The average Bonchev–Trinajstić information content (AvgIpc) is 3.21. The number of carbonyl (C=O) groups excluding carboxylic acids is 2. The maximum Gasteiger partial charge on any atom is 0.273 e. The van der Waals surface area contributed by atoms with Gasteiger partial charge in [-0.2, -0.15) is 0 Å². The number of amides is 2. The highest BCUT2D eigenvalue weighted by atomic mass is 32.1. The minimum atomic E-state index is -0.567. The topological polar surface area (TPSA) is 98.7 Å². The van der Waals surface area contributed by atoms with Gasteiger partial charge in [0.2, 0.25) is 5.91 Å². The van der Waals surface area contributed by atoms with Crippen LogP contribution in [-0.2, 0) is 4.79 Å². The number of carbonyl (C=O) groups is 2. The summed E-state index contributed by atoms with van der Waals surface area (Å²) in [6, 6.07) is 3.61. The van der Waals surface area contributed by atoms with Crippen molar-refractivity contribution in [2.45, 2.75) is 19.9 Å². The number of aromatic nitrogens is 2. The number of pyridine rings is 1. The molecular weight excluding hydrogens is 378 g/mol. The molecule has 2 amide bonds. The lowest BCUT2D eigenvalue weighted by Crippen LogP contribution is -2.48. The Kier molecular flexibility index (Phi) is 6.58. The maximum absolute atomic E-state index is 12.8. The van der Waals surface area contributed by atoms with Crippen LogP contribution in [0, 0.1) is 5.92 Å². The van der Waals surface area contributed by atoms with E-state index in [1.54, 1.807) is 17.8 Å². The van der Waals surface area contributed by atoms with Gasteiger partial charge < -0.3 is 20.2 Å². The summed E-state index contributed by atoms with van der Waals surface area (Å²) in [5, 5.41) is 14.2. The highest BCUT2D eigenvalue weighted by molar-refractivity contribution is 7.09. The van der Waals surface area contributed by atoms with E-state index in [1.165, 1.54) is 11.3 Å². The third-order valence-electron chi connectivity index (χ3n) is 4.73. The molecule has 1 aliphatic heterocycles. The standard InChI is InChI=1S/C19H25N5O3S/c1-13(2)17(22-16(26)11-25)18-21-15(12-28-18)19(27)24-9-7-23(8-10-24)14-3-5-20-6-4-14/h3-6,12-13,17,25H,7-11H2,1-2H3,(H,22,26)/t17-/m0/s1. The number of nitrogens with zero attached hydrogens (tertiary/aromatic N) is 4. The molecule has 0 aromatic carbocycles. The number of hydrogen-bond donors (Lipinski definition) is 2. The summed E-state index contributed by atoms with van der Waals surface area (Å²) in [4.78, 5) is 37.0. The Hall–Kier alpha value is -2.52. The molecule has 1 atom stereocenters. The van der Waals surface area contributed by atoms with Crippen LogP contribution in [0.3, 0.4) is 0 Å². The zero-order valence-electron chi connectivity index (χ0n) is 16.0. The fourth-order valence-electron chi connectivity index (χ4n) is 3.15. The van der Waals surface area contributed by atoms with Crippen molar-refractivity contribution in [1.82, 2.24) is 20.2 Å². The van der Waals surface area contributed by atoms with Gasteiger partial charge in [-0.05, 0) is 18.1 Å². The first-order valence-electron chi connectivity index (χ1n) is 9.29. The summed E-state index contributed by atoms with van der Waals surface area (Å²) in [7, 11) is 0. The highest BCUT2D eigenvalue weighted by Crippen LogP contribution is 2.26. The largest absolute Gasteiger partial charge is 0.387 e. The van der Waals surface area contributed by atoms with Gasteiger partial charge in [0, 0.05) is 49.6 Å². The number of thiazole rings is 1. The number of nitrogens with one attached hydrogen (secondary N) is 1. The third kappa shape index (κ3) is 4.66. The van der Waals surface area contributed by atoms with E-state index in [2.05, 4.69) is 20.2 Å². The Balaban J connectivity index is 1.63. The molecule has 2 N–H and O–H groups in total. The third-order valence-corrected chi connectivity index (χ3v) is 5.66. The first-order valence-corrected chi connectivity index (χ1v) is 10.2. The molecule has 0 radical (unpaired) electrons. The molecular formula is C19H25N5O3S. The number of aliphatic hydroxyl groups excluding tert-OH is 1. The summed E-state index contributed by atoms with van der Waals surface area (Å²) < 4.78 is 0. The molecule has 1 saturated heterocycles. The van der Waals surface area contributed by atoms with E-state index < -0.39 is 12.5 Å². The fourth-order valence-corrected chi connectivity index (χ4v) is 4.16. The number of piperazine rings is 1. The molecule has 28 heavy (non-hydrogen) atoms. The average molecular weight is 404 g/mol. The molecule has 9 heteroatoms. The normalized spacial score (nSPS) is 15.6. The second-order valence-corrected chi connectivity index (χ2v) is 7.89. The van der Waals surface area contributed by atoms with Crippen LogP contribution in [0.25, 0.3) is 0 Å². The van der Waals surface area contributed by atoms with Crippen LogP contribution in [0.1, 0.15) is 35.4 Å². The Bertz CT molecular complexity index is 803. The van der Waals surface area contributed by atoms with Gasteiger partial charge in [0.05, 0.1) is 6.04 Å². The Morgan fingerprint density at radius 3 is 2.50 bits per heavy atom. The molecule has 0 spiro atoms. The number of hydrogen-bond acceptors (Lipinski definition) is 7. The van der Waals surface area contributed by atoms with Gasteiger partial charge in [-0.1, -0.05) is 13.8 Å². The van der Waals surface area contributed by atoms with E-state index in [0.717, 1.165) is 18.8 Å². The van der Waals surface area contributed by atoms with Crippen molar-refractivity contribution in [3.63, 3.8) is 0 Å². The maximum atomic E-state index is 12.8. The first-order chi connectivity index (χ1) is 13.5. The molecule has 0 saturated carbocycles. The van der Waals surface area contributed by atoms with Crippen molar-refractivity contribution in [2.24, 2.45) is 5.92 Å². The molecule has 1 fully saturated rings. The molecule has 1 aliphatic rings. The predicted octanol–water partition coefficient (Wildman–Crippen LogP) is 1.31. The molecule has 150 valence electrons. The summed E-state index contributed by atoms with van der Waals surface area (Å²) in [5.74, 6) is -0.449. The predicted molar refractivity (Wildman–Crippen MR) is 107 cm³/mol. The van der Waals surface area contributed by atoms with Gasteiger partial charge in [0.25, 0.3) is 5.91 Å². The van der Waals surface area contributed by atoms with Gasteiger partial charge in [-0.3, -0.25) is 14.6 Å². The lowest BCUT2D eigenvalue weighted by Gasteiger charge is -2.35. The van der Waals surface area contributed by atoms with Gasteiger partial charge >= 0.3 is 0 Å². The van der Waals surface area contributed by atoms with Crippen molar-refractivity contribution in [1.29, 1.82) is 0 Å². The number of anilines is 1. The van der Waals surface area contributed by atoms with E-state index in [9.17, 15) is 9.59 Å².